The predicted octanol–water partition coefficient (Wildman–Crippen LogP) is 2.89. The molecule has 1 amide bonds. The Bertz CT molecular complexity index is 420. The zero-order valence-corrected chi connectivity index (χ0v) is 12.6. The van der Waals surface area contributed by atoms with Crippen molar-refractivity contribution < 1.29 is 9.90 Å². The van der Waals surface area contributed by atoms with Crippen LogP contribution in [0.15, 0.2) is 22.7 Å². The maximum absolute atomic E-state index is 12.0. The van der Waals surface area contributed by atoms with Crippen molar-refractivity contribution in [2.75, 3.05) is 6.54 Å². The predicted molar refractivity (Wildman–Crippen MR) is 76.7 cm³/mol. The Balaban J connectivity index is 2.63. The van der Waals surface area contributed by atoms with Crippen LogP contribution in [0.1, 0.15) is 36.2 Å². The van der Waals surface area contributed by atoms with Crippen molar-refractivity contribution in [3.05, 3.63) is 33.8 Å². The number of carbonyl (C=O) groups excluding carboxylic acids is 1. The molecular weight excluding hydrogens is 294 g/mol. The van der Waals surface area contributed by atoms with Crippen LogP contribution in [0.3, 0.4) is 0 Å². The second-order valence-electron chi connectivity index (χ2n) is 4.65. The molecule has 2 atom stereocenters. The summed E-state index contributed by atoms with van der Waals surface area (Å²) in [6.07, 6.45) is 0.396. The monoisotopic (exact) mass is 313 g/mol. The fraction of sp³-hybridized carbons (Fsp3) is 0.500. The third-order valence-electron chi connectivity index (χ3n) is 3.14. The number of amides is 1. The minimum absolute atomic E-state index is 0.159. The highest BCUT2D eigenvalue weighted by Gasteiger charge is 2.15. The lowest BCUT2D eigenvalue weighted by atomic mass is 10.0. The molecule has 100 valence electrons. The first-order valence-electron chi connectivity index (χ1n) is 6.18. The van der Waals surface area contributed by atoms with Gasteiger partial charge in [0.2, 0.25) is 0 Å². The summed E-state index contributed by atoms with van der Waals surface area (Å²) < 4.78 is 0.767. The van der Waals surface area contributed by atoms with E-state index in [1.807, 2.05) is 39.0 Å². The van der Waals surface area contributed by atoms with Gasteiger partial charge >= 0.3 is 0 Å². The zero-order valence-electron chi connectivity index (χ0n) is 11.0. The van der Waals surface area contributed by atoms with E-state index in [2.05, 4.69) is 21.2 Å². The Kier molecular flexibility index (Phi) is 5.82. The quantitative estimate of drug-likeness (QED) is 0.878. The Hall–Kier alpha value is -0.870. The summed E-state index contributed by atoms with van der Waals surface area (Å²) in [5.74, 6) is 0.0270. The molecule has 2 N–H and O–H groups in total. The van der Waals surface area contributed by atoms with Gasteiger partial charge in [0, 0.05) is 11.0 Å². The number of nitrogens with one attached hydrogen (secondary N) is 1. The van der Waals surface area contributed by atoms with Crippen molar-refractivity contribution in [2.45, 2.75) is 33.3 Å². The van der Waals surface area contributed by atoms with E-state index in [0.29, 0.717) is 5.56 Å². The molecule has 18 heavy (non-hydrogen) atoms. The van der Waals surface area contributed by atoms with Crippen LogP contribution >= 0.6 is 15.9 Å². The molecule has 0 saturated heterocycles. The molecule has 2 unspecified atom stereocenters. The van der Waals surface area contributed by atoms with Crippen LogP contribution in [0.5, 0.6) is 0 Å². The SMILES string of the molecule is CCC(C)C(O)CNC(=O)c1cc(C)ccc1Br. The normalized spacial score (nSPS) is 14.1. The summed E-state index contributed by atoms with van der Waals surface area (Å²) in [5, 5.41) is 12.6. The highest BCUT2D eigenvalue weighted by atomic mass is 79.9. The average Bonchev–Trinajstić information content (AvgIpc) is 2.37. The molecule has 4 heteroatoms. The molecule has 0 bridgehead atoms. The second kappa shape index (κ2) is 6.90. The number of benzene rings is 1. The molecule has 1 rings (SSSR count). The number of hydrogen-bond donors (Lipinski definition) is 2. The lowest BCUT2D eigenvalue weighted by molar-refractivity contribution is 0.0849. The number of aryl methyl sites for hydroxylation is 1. The van der Waals surface area contributed by atoms with Crippen LogP contribution in [0, 0.1) is 12.8 Å². The first-order chi connectivity index (χ1) is 8.45. The lowest BCUT2D eigenvalue weighted by Crippen LogP contribution is -2.35. The standard InChI is InChI=1S/C14H20BrNO2/c1-4-10(3)13(17)8-16-14(18)11-7-9(2)5-6-12(11)15/h5-7,10,13,17H,4,8H2,1-3H3,(H,16,18). The van der Waals surface area contributed by atoms with Crippen molar-refractivity contribution in [1.82, 2.24) is 5.32 Å². The van der Waals surface area contributed by atoms with Gasteiger partial charge in [0.1, 0.15) is 0 Å². The van der Waals surface area contributed by atoms with Gasteiger partial charge in [0.15, 0.2) is 0 Å². The van der Waals surface area contributed by atoms with E-state index in [1.54, 1.807) is 0 Å². The largest absolute Gasteiger partial charge is 0.391 e. The van der Waals surface area contributed by atoms with Crippen LogP contribution in [0.4, 0.5) is 0 Å². The third-order valence-corrected chi connectivity index (χ3v) is 3.83. The van der Waals surface area contributed by atoms with E-state index in [-0.39, 0.29) is 18.4 Å². The first kappa shape index (κ1) is 15.2. The Morgan fingerprint density at radius 3 is 2.78 bits per heavy atom. The highest BCUT2D eigenvalue weighted by molar-refractivity contribution is 9.10. The van der Waals surface area contributed by atoms with E-state index in [1.165, 1.54) is 0 Å². The number of aliphatic hydroxyl groups excluding tert-OH is 1. The molecule has 0 saturated carbocycles. The topological polar surface area (TPSA) is 49.3 Å². The van der Waals surface area contributed by atoms with Gasteiger partial charge in [-0.15, -0.1) is 0 Å². The van der Waals surface area contributed by atoms with Gasteiger partial charge in [-0.25, -0.2) is 0 Å². The summed E-state index contributed by atoms with van der Waals surface area (Å²) >= 11 is 3.36. The maximum atomic E-state index is 12.0. The molecular formula is C14H20BrNO2. The molecule has 0 heterocycles. The van der Waals surface area contributed by atoms with Crippen molar-refractivity contribution >= 4 is 21.8 Å². The smallest absolute Gasteiger partial charge is 0.252 e. The molecule has 0 aliphatic heterocycles. The summed E-state index contributed by atoms with van der Waals surface area (Å²) in [4.78, 5) is 12.0. The van der Waals surface area contributed by atoms with Crippen molar-refractivity contribution in [3.8, 4) is 0 Å². The van der Waals surface area contributed by atoms with Crippen LogP contribution < -0.4 is 5.32 Å². The Labute approximate surface area is 117 Å². The third kappa shape index (κ3) is 4.10. The molecule has 0 aliphatic rings. The highest BCUT2D eigenvalue weighted by Crippen LogP contribution is 2.18. The number of rotatable bonds is 5. The fourth-order valence-corrected chi connectivity index (χ4v) is 2.01. The fourth-order valence-electron chi connectivity index (χ4n) is 1.58. The van der Waals surface area contributed by atoms with Gasteiger partial charge in [0.25, 0.3) is 5.91 Å². The van der Waals surface area contributed by atoms with Crippen molar-refractivity contribution in [1.29, 1.82) is 0 Å². The summed E-state index contributed by atoms with van der Waals surface area (Å²) in [6, 6.07) is 5.62. The molecule has 0 radical (unpaired) electrons. The van der Waals surface area contributed by atoms with E-state index in [4.69, 9.17) is 0 Å². The molecule has 1 aromatic rings. The summed E-state index contributed by atoms with van der Waals surface area (Å²) in [6.45, 7) is 6.22. The van der Waals surface area contributed by atoms with E-state index >= 15 is 0 Å². The van der Waals surface area contributed by atoms with Crippen molar-refractivity contribution in [2.24, 2.45) is 5.92 Å². The van der Waals surface area contributed by atoms with Crippen LogP contribution in [0.25, 0.3) is 0 Å². The number of aliphatic hydroxyl groups is 1. The molecule has 1 aromatic carbocycles. The van der Waals surface area contributed by atoms with E-state index in [0.717, 1.165) is 16.5 Å². The van der Waals surface area contributed by atoms with Crippen LogP contribution in [0.2, 0.25) is 0 Å². The molecule has 3 nitrogen and oxygen atoms in total. The van der Waals surface area contributed by atoms with Gasteiger partial charge in [-0.1, -0.05) is 31.9 Å². The van der Waals surface area contributed by atoms with Gasteiger partial charge in [-0.05, 0) is 40.9 Å². The summed E-state index contributed by atoms with van der Waals surface area (Å²) in [7, 11) is 0. The van der Waals surface area contributed by atoms with E-state index in [9.17, 15) is 9.90 Å². The Morgan fingerprint density at radius 2 is 2.17 bits per heavy atom. The van der Waals surface area contributed by atoms with Gasteiger partial charge in [-0.2, -0.15) is 0 Å². The van der Waals surface area contributed by atoms with Gasteiger partial charge < -0.3 is 10.4 Å². The first-order valence-corrected chi connectivity index (χ1v) is 6.97. The number of hydrogen-bond acceptors (Lipinski definition) is 2. The van der Waals surface area contributed by atoms with Crippen LogP contribution in [-0.4, -0.2) is 23.7 Å². The van der Waals surface area contributed by atoms with E-state index < -0.39 is 6.10 Å². The maximum Gasteiger partial charge on any atom is 0.252 e. The average molecular weight is 314 g/mol. The lowest BCUT2D eigenvalue weighted by Gasteiger charge is -2.17. The minimum Gasteiger partial charge on any atom is -0.391 e. The Morgan fingerprint density at radius 1 is 1.50 bits per heavy atom. The zero-order chi connectivity index (χ0) is 13.7. The molecule has 0 aliphatic carbocycles. The second-order valence-corrected chi connectivity index (χ2v) is 5.50. The van der Waals surface area contributed by atoms with Gasteiger partial charge in [0.05, 0.1) is 11.7 Å². The molecule has 0 spiro atoms. The number of carbonyl (C=O) groups is 1. The van der Waals surface area contributed by atoms with Crippen LogP contribution in [-0.2, 0) is 0 Å². The molecule has 0 aromatic heterocycles. The number of halogens is 1. The molecule has 0 fully saturated rings. The summed E-state index contributed by atoms with van der Waals surface area (Å²) in [5.41, 5.74) is 1.64. The minimum atomic E-state index is -0.498. The van der Waals surface area contributed by atoms with Gasteiger partial charge in [-0.3, -0.25) is 4.79 Å². The van der Waals surface area contributed by atoms with Crippen molar-refractivity contribution in [3.63, 3.8) is 0 Å².